The highest BCUT2D eigenvalue weighted by atomic mass is 16.5. The van der Waals surface area contributed by atoms with Gasteiger partial charge >= 0.3 is 0 Å². The first-order valence-electron chi connectivity index (χ1n) is 10.5. The zero-order valence-corrected chi connectivity index (χ0v) is 18.3. The summed E-state index contributed by atoms with van der Waals surface area (Å²) in [6.45, 7) is 9.46. The molecule has 2 aromatic heterocycles. The van der Waals surface area contributed by atoms with E-state index in [1.54, 1.807) is 12.3 Å². The van der Waals surface area contributed by atoms with Crippen molar-refractivity contribution >= 4 is 5.96 Å². The van der Waals surface area contributed by atoms with Gasteiger partial charge in [0, 0.05) is 18.7 Å². The smallest absolute Gasteiger partial charge is 0.216 e. The van der Waals surface area contributed by atoms with Crippen molar-refractivity contribution < 1.29 is 13.9 Å². The van der Waals surface area contributed by atoms with E-state index in [0.717, 1.165) is 23.4 Å². The highest BCUT2D eigenvalue weighted by Gasteiger charge is 2.09. The molecule has 2 heterocycles. The highest BCUT2D eigenvalue weighted by molar-refractivity contribution is 5.79. The van der Waals surface area contributed by atoms with Gasteiger partial charge in [-0.3, -0.25) is 5.10 Å². The Morgan fingerprint density at radius 1 is 1.19 bits per heavy atom. The number of nitrogens with zero attached hydrogens (tertiary/aromatic N) is 3. The molecule has 0 radical (unpaired) electrons. The van der Waals surface area contributed by atoms with E-state index < -0.39 is 0 Å². The summed E-state index contributed by atoms with van der Waals surface area (Å²) in [5.41, 5.74) is 2.15. The fourth-order valence-corrected chi connectivity index (χ4v) is 2.85. The number of hydrogen-bond donors (Lipinski definition) is 3. The molecule has 3 rings (SSSR count). The van der Waals surface area contributed by atoms with Crippen molar-refractivity contribution in [3.8, 4) is 17.3 Å². The standard InChI is InChI=1S/C22H30N6O3/c1-4-23-22(25-15-20-26-21(28-27-20)18-7-6-10-30-18)24-14-17-9-8-16(3)13-19(17)31-12-11-29-5-2/h6-10,13H,4-5,11-12,14-15H2,1-3H3,(H2,23,24,25)(H,26,27,28). The number of H-pyrrole nitrogens is 1. The average molecular weight is 427 g/mol. The number of aliphatic imine (C=N–C) groups is 1. The van der Waals surface area contributed by atoms with Crippen molar-refractivity contribution in [2.75, 3.05) is 26.4 Å². The molecule has 0 bridgehead atoms. The van der Waals surface area contributed by atoms with Crippen molar-refractivity contribution in [2.45, 2.75) is 33.9 Å². The quantitative estimate of drug-likeness (QED) is 0.246. The SMILES string of the molecule is CCNC(=NCc1ccc(C)cc1OCCOCC)NCc1nc(-c2ccco2)n[nH]1. The number of aromatic nitrogens is 3. The minimum absolute atomic E-state index is 0.450. The van der Waals surface area contributed by atoms with Gasteiger partial charge in [-0.1, -0.05) is 12.1 Å². The summed E-state index contributed by atoms with van der Waals surface area (Å²) in [7, 11) is 0. The molecule has 0 amide bonds. The van der Waals surface area contributed by atoms with E-state index in [1.807, 2.05) is 39.0 Å². The summed E-state index contributed by atoms with van der Waals surface area (Å²) in [5.74, 6) is 3.35. The van der Waals surface area contributed by atoms with Crippen molar-refractivity contribution in [2.24, 2.45) is 4.99 Å². The van der Waals surface area contributed by atoms with Crippen LogP contribution >= 0.6 is 0 Å². The van der Waals surface area contributed by atoms with Crippen LogP contribution in [0, 0.1) is 6.92 Å². The van der Waals surface area contributed by atoms with Crippen molar-refractivity contribution in [1.82, 2.24) is 25.8 Å². The molecule has 9 heteroatoms. The van der Waals surface area contributed by atoms with Crippen LogP contribution in [0.3, 0.4) is 0 Å². The van der Waals surface area contributed by atoms with Gasteiger partial charge in [0.2, 0.25) is 5.82 Å². The number of nitrogens with one attached hydrogen (secondary N) is 3. The van der Waals surface area contributed by atoms with Crippen LogP contribution < -0.4 is 15.4 Å². The summed E-state index contributed by atoms with van der Waals surface area (Å²) in [6, 6.07) is 9.76. The maximum atomic E-state index is 5.91. The predicted molar refractivity (Wildman–Crippen MR) is 119 cm³/mol. The van der Waals surface area contributed by atoms with Crippen molar-refractivity contribution in [3.05, 3.63) is 53.5 Å². The molecular formula is C22H30N6O3. The Labute approximate surface area is 182 Å². The lowest BCUT2D eigenvalue weighted by Crippen LogP contribution is -2.37. The Balaban J connectivity index is 1.61. The Kier molecular flexibility index (Phi) is 8.48. The van der Waals surface area contributed by atoms with Crippen LogP contribution in [-0.4, -0.2) is 47.5 Å². The topological polar surface area (TPSA) is 110 Å². The van der Waals surface area contributed by atoms with Crippen molar-refractivity contribution in [3.63, 3.8) is 0 Å². The second-order valence-corrected chi connectivity index (χ2v) is 6.79. The predicted octanol–water partition coefficient (Wildman–Crippen LogP) is 3.04. The summed E-state index contributed by atoms with van der Waals surface area (Å²) in [6.07, 6.45) is 1.60. The molecule has 0 aliphatic heterocycles. The van der Waals surface area contributed by atoms with Gasteiger partial charge in [-0.2, -0.15) is 0 Å². The zero-order chi connectivity index (χ0) is 21.9. The summed E-state index contributed by atoms with van der Waals surface area (Å²) < 4.78 is 16.6. The van der Waals surface area contributed by atoms with E-state index in [-0.39, 0.29) is 0 Å². The first-order chi connectivity index (χ1) is 15.2. The Morgan fingerprint density at radius 2 is 2.10 bits per heavy atom. The molecule has 3 aromatic rings. The maximum Gasteiger partial charge on any atom is 0.216 e. The summed E-state index contributed by atoms with van der Waals surface area (Å²) in [5, 5.41) is 13.6. The van der Waals surface area contributed by atoms with Gasteiger partial charge in [0.05, 0.1) is 26.0 Å². The largest absolute Gasteiger partial charge is 0.491 e. The van der Waals surface area contributed by atoms with Crippen LogP contribution in [-0.2, 0) is 17.8 Å². The molecule has 0 spiro atoms. The minimum atomic E-state index is 0.450. The number of aryl methyl sites for hydroxylation is 1. The third-order valence-electron chi connectivity index (χ3n) is 4.36. The van der Waals surface area contributed by atoms with Gasteiger partial charge in [-0.05, 0) is 44.5 Å². The van der Waals surface area contributed by atoms with Gasteiger partial charge < -0.3 is 24.5 Å². The van der Waals surface area contributed by atoms with E-state index in [2.05, 4.69) is 31.9 Å². The molecule has 0 saturated heterocycles. The molecule has 9 nitrogen and oxygen atoms in total. The third-order valence-corrected chi connectivity index (χ3v) is 4.36. The first kappa shape index (κ1) is 22.4. The molecule has 0 fully saturated rings. The molecule has 166 valence electrons. The second-order valence-electron chi connectivity index (χ2n) is 6.79. The highest BCUT2D eigenvalue weighted by Crippen LogP contribution is 2.21. The Hall–Kier alpha value is -3.33. The van der Waals surface area contributed by atoms with E-state index in [1.165, 1.54) is 0 Å². The monoisotopic (exact) mass is 426 g/mol. The second kappa shape index (κ2) is 11.8. The van der Waals surface area contributed by atoms with E-state index in [0.29, 0.717) is 56.3 Å². The van der Waals surface area contributed by atoms with E-state index in [9.17, 15) is 0 Å². The van der Waals surface area contributed by atoms with Crippen LogP contribution in [0.1, 0.15) is 30.8 Å². The molecule has 0 saturated carbocycles. The molecule has 0 unspecified atom stereocenters. The number of guanidine groups is 1. The first-order valence-corrected chi connectivity index (χ1v) is 10.5. The number of rotatable bonds is 11. The maximum absolute atomic E-state index is 5.91. The fourth-order valence-electron chi connectivity index (χ4n) is 2.85. The lowest BCUT2D eigenvalue weighted by molar-refractivity contribution is 0.110. The normalized spacial score (nSPS) is 11.5. The van der Waals surface area contributed by atoms with Gasteiger partial charge in [0.25, 0.3) is 0 Å². The Morgan fingerprint density at radius 3 is 2.87 bits per heavy atom. The lowest BCUT2D eigenvalue weighted by Gasteiger charge is -2.13. The molecular weight excluding hydrogens is 396 g/mol. The average Bonchev–Trinajstić information content (AvgIpc) is 3.46. The van der Waals surface area contributed by atoms with Gasteiger partial charge in [0.15, 0.2) is 11.7 Å². The minimum Gasteiger partial charge on any atom is -0.491 e. The molecule has 0 aliphatic carbocycles. The summed E-state index contributed by atoms with van der Waals surface area (Å²) >= 11 is 0. The van der Waals surface area contributed by atoms with E-state index >= 15 is 0 Å². The molecule has 1 aromatic carbocycles. The number of benzene rings is 1. The van der Waals surface area contributed by atoms with Crippen LogP contribution in [0.15, 0.2) is 46.0 Å². The molecule has 31 heavy (non-hydrogen) atoms. The van der Waals surface area contributed by atoms with Gasteiger partial charge in [0.1, 0.15) is 18.2 Å². The number of aromatic amines is 1. The van der Waals surface area contributed by atoms with Gasteiger partial charge in [-0.25, -0.2) is 9.98 Å². The van der Waals surface area contributed by atoms with Crippen molar-refractivity contribution in [1.29, 1.82) is 0 Å². The van der Waals surface area contributed by atoms with Crippen LogP contribution in [0.25, 0.3) is 11.6 Å². The van der Waals surface area contributed by atoms with Gasteiger partial charge in [-0.15, -0.1) is 5.10 Å². The molecule has 0 aliphatic rings. The molecule has 0 atom stereocenters. The number of furan rings is 1. The summed E-state index contributed by atoms with van der Waals surface area (Å²) in [4.78, 5) is 9.13. The van der Waals surface area contributed by atoms with Crippen LogP contribution in [0.5, 0.6) is 5.75 Å². The van der Waals surface area contributed by atoms with E-state index in [4.69, 9.17) is 18.9 Å². The van der Waals surface area contributed by atoms with Crippen LogP contribution in [0.4, 0.5) is 0 Å². The lowest BCUT2D eigenvalue weighted by atomic mass is 10.1. The number of ether oxygens (including phenoxy) is 2. The fraction of sp³-hybridized carbons (Fsp3) is 0.409. The zero-order valence-electron chi connectivity index (χ0n) is 18.3. The third kappa shape index (κ3) is 6.85. The molecule has 3 N–H and O–H groups in total. The van der Waals surface area contributed by atoms with Crippen LogP contribution in [0.2, 0.25) is 0 Å². The number of hydrogen-bond acceptors (Lipinski definition) is 6. The Bertz CT molecular complexity index is 952.